The van der Waals surface area contributed by atoms with Gasteiger partial charge in [0, 0.05) is 48.5 Å². The fourth-order valence-corrected chi connectivity index (χ4v) is 7.14. The van der Waals surface area contributed by atoms with E-state index >= 15 is 0 Å². The van der Waals surface area contributed by atoms with Crippen LogP contribution in [0.4, 0.5) is 0 Å². The zero-order valence-corrected chi connectivity index (χ0v) is 22.5. The predicted octanol–water partition coefficient (Wildman–Crippen LogP) is 2.41. The minimum atomic E-state index is -3.92. The first-order valence-corrected chi connectivity index (χ1v) is 13.8. The lowest BCUT2D eigenvalue weighted by molar-refractivity contribution is -0.123. The Kier molecular flexibility index (Phi) is 7.61. The van der Waals surface area contributed by atoms with Crippen molar-refractivity contribution in [2.45, 2.75) is 36.9 Å². The lowest BCUT2D eigenvalue weighted by Crippen LogP contribution is -2.60. The molecule has 2 aliphatic heterocycles. The molecule has 13 heteroatoms. The number of halogens is 2. The summed E-state index contributed by atoms with van der Waals surface area (Å²) in [5.74, 6) is -1.16. The fraction of sp³-hybridized carbons (Fsp3) is 0.348. The molecule has 0 spiro atoms. The molecular weight excluding hydrogens is 545 g/mol. The molecule has 0 radical (unpaired) electrons. The number of hydrogen-bond acceptors (Lipinski definition) is 7. The van der Waals surface area contributed by atoms with Crippen molar-refractivity contribution in [1.82, 2.24) is 19.5 Å². The van der Waals surface area contributed by atoms with Crippen molar-refractivity contribution in [3.8, 4) is 0 Å². The molecule has 3 N–H and O–H groups in total. The molecule has 2 amide bonds. The number of fused-ring (bicyclic) bond motifs is 2. The normalized spacial score (nSPS) is 20.6. The summed E-state index contributed by atoms with van der Waals surface area (Å²) < 4.78 is 28.0. The Balaban J connectivity index is 0.00000304. The van der Waals surface area contributed by atoms with E-state index in [0.29, 0.717) is 16.6 Å². The monoisotopic (exact) mass is 569 g/mol. The van der Waals surface area contributed by atoms with Gasteiger partial charge in [-0.25, -0.2) is 13.4 Å². The summed E-state index contributed by atoms with van der Waals surface area (Å²) in [5.41, 5.74) is 6.52. The van der Waals surface area contributed by atoms with Crippen LogP contribution in [0.5, 0.6) is 0 Å². The van der Waals surface area contributed by atoms with Gasteiger partial charge in [-0.3, -0.25) is 9.59 Å². The number of carbonyl (C=O) groups excluding carboxylic acids is 2. The minimum Gasteiger partial charge on any atom is -0.368 e. The Morgan fingerprint density at radius 3 is 2.64 bits per heavy atom. The van der Waals surface area contributed by atoms with E-state index in [1.807, 2.05) is 0 Å². The number of nitrogens with two attached hydrogens (primary N) is 1. The molecular formula is C23H25Cl2N5O4S2. The van der Waals surface area contributed by atoms with Crippen LogP contribution in [0.25, 0.3) is 10.8 Å². The number of sulfonamides is 1. The van der Waals surface area contributed by atoms with Crippen molar-refractivity contribution in [3.05, 3.63) is 57.0 Å². The number of piperazine rings is 1. The quantitative estimate of drug-likeness (QED) is 0.497. The second kappa shape index (κ2) is 10.2. The highest BCUT2D eigenvalue weighted by molar-refractivity contribution is 7.89. The average molecular weight is 571 g/mol. The van der Waals surface area contributed by atoms with Crippen molar-refractivity contribution in [2.24, 2.45) is 5.73 Å². The number of hydrogen-bond donors (Lipinski definition) is 2. The summed E-state index contributed by atoms with van der Waals surface area (Å²) in [6, 6.07) is 9.17. The molecule has 3 aromatic rings. The summed E-state index contributed by atoms with van der Waals surface area (Å²) in [6.07, 6.45) is 0.725. The molecule has 1 aromatic heterocycles. The lowest BCUT2D eigenvalue weighted by atomic mass is 10.1. The standard InChI is InChI=1S/C23H24ClN5O4S2.ClH/c1-13-8-18-20(11-26-13)34-22(27-18)23(31)29-7-6-28(12-19(29)21(25)30)35(32,33)17-5-3-14-9-16(24)4-2-15(14)10-17;/h2-5,9-10,13,19,26H,6-8,11-12H2,1H3,(H2,25,30);1H. The molecule has 1 fully saturated rings. The van der Waals surface area contributed by atoms with Gasteiger partial charge in [-0.05, 0) is 42.0 Å². The maximum atomic E-state index is 13.4. The van der Waals surface area contributed by atoms with Crippen LogP contribution in [0.3, 0.4) is 0 Å². The molecule has 192 valence electrons. The summed E-state index contributed by atoms with van der Waals surface area (Å²) in [6.45, 7) is 2.56. The number of nitrogens with zero attached hydrogens (tertiary/aromatic N) is 3. The largest absolute Gasteiger partial charge is 0.368 e. The van der Waals surface area contributed by atoms with Gasteiger partial charge in [0.15, 0.2) is 5.01 Å². The maximum Gasteiger partial charge on any atom is 0.283 e. The highest BCUT2D eigenvalue weighted by Gasteiger charge is 2.40. The van der Waals surface area contributed by atoms with Gasteiger partial charge in [0.2, 0.25) is 15.9 Å². The zero-order chi connectivity index (χ0) is 24.9. The molecule has 2 atom stereocenters. The summed E-state index contributed by atoms with van der Waals surface area (Å²) in [5, 5.41) is 5.74. The van der Waals surface area contributed by atoms with E-state index in [1.165, 1.54) is 26.6 Å². The maximum absolute atomic E-state index is 13.4. The third kappa shape index (κ3) is 4.96. The molecule has 36 heavy (non-hydrogen) atoms. The second-order valence-corrected chi connectivity index (χ2v) is 12.3. The third-order valence-electron chi connectivity index (χ3n) is 6.42. The molecule has 2 aromatic carbocycles. The van der Waals surface area contributed by atoms with Crippen molar-refractivity contribution >= 4 is 68.0 Å². The first kappa shape index (κ1) is 26.8. The van der Waals surface area contributed by atoms with Gasteiger partial charge in [0.1, 0.15) is 6.04 Å². The van der Waals surface area contributed by atoms with Crippen LogP contribution in [0.2, 0.25) is 5.02 Å². The third-order valence-corrected chi connectivity index (χ3v) is 9.60. The molecule has 5 rings (SSSR count). The summed E-state index contributed by atoms with van der Waals surface area (Å²) >= 11 is 7.33. The topological polar surface area (TPSA) is 126 Å². The number of carbonyl (C=O) groups is 2. The van der Waals surface area contributed by atoms with Gasteiger partial charge >= 0.3 is 0 Å². The molecule has 0 bridgehead atoms. The molecule has 2 unspecified atom stereocenters. The van der Waals surface area contributed by atoms with Gasteiger partial charge < -0.3 is 16.0 Å². The van der Waals surface area contributed by atoms with Crippen LogP contribution in [-0.4, -0.2) is 66.1 Å². The zero-order valence-electron chi connectivity index (χ0n) is 19.3. The fourth-order valence-electron chi connectivity index (χ4n) is 4.49. The number of benzene rings is 2. The van der Waals surface area contributed by atoms with Crippen LogP contribution in [0.1, 0.15) is 27.3 Å². The highest BCUT2D eigenvalue weighted by Crippen LogP contribution is 2.28. The highest BCUT2D eigenvalue weighted by atomic mass is 35.5. The Morgan fingerprint density at radius 2 is 1.89 bits per heavy atom. The number of primary amides is 1. The van der Waals surface area contributed by atoms with Crippen molar-refractivity contribution in [3.63, 3.8) is 0 Å². The van der Waals surface area contributed by atoms with Crippen molar-refractivity contribution < 1.29 is 18.0 Å². The van der Waals surface area contributed by atoms with Gasteiger partial charge in [0.25, 0.3) is 5.91 Å². The Morgan fingerprint density at radius 1 is 1.17 bits per heavy atom. The minimum absolute atomic E-state index is 0. The summed E-state index contributed by atoms with van der Waals surface area (Å²) in [7, 11) is -3.92. The molecule has 2 aliphatic rings. The van der Waals surface area contributed by atoms with Crippen molar-refractivity contribution in [2.75, 3.05) is 19.6 Å². The molecule has 3 heterocycles. The number of rotatable bonds is 4. The van der Waals surface area contributed by atoms with Crippen LogP contribution in [0.15, 0.2) is 41.3 Å². The predicted molar refractivity (Wildman–Crippen MR) is 141 cm³/mol. The summed E-state index contributed by atoms with van der Waals surface area (Å²) in [4.78, 5) is 32.6. The van der Waals surface area contributed by atoms with E-state index in [0.717, 1.165) is 27.8 Å². The molecule has 1 saturated heterocycles. The number of nitrogens with one attached hydrogen (secondary N) is 1. The Hall–Kier alpha value is -2.28. The average Bonchev–Trinajstić information content (AvgIpc) is 3.26. The van der Waals surface area contributed by atoms with E-state index < -0.39 is 27.9 Å². The van der Waals surface area contributed by atoms with E-state index in [9.17, 15) is 18.0 Å². The first-order chi connectivity index (χ1) is 16.6. The number of amides is 2. The first-order valence-electron chi connectivity index (χ1n) is 11.1. The van der Waals surface area contributed by atoms with Crippen LogP contribution in [-0.2, 0) is 27.8 Å². The van der Waals surface area contributed by atoms with E-state index in [-0.39, 0.29) is 43.0 Å². The van der Waals surface area contributed by atoms with Crippen molar-refractivity contribution in [1.29, 1.82) is 0 Å². The van der Waals surface area contributed by atoms with Crippen LogP contribution >= 0.6 is 35.3 Å². The van der Waals surface area contributed by atoms with Gasteiger partial charge in [-0.1, -0.05) is 23.7 Å². The SMILES string of the molecule is CC1Cc2nc(C(=O)N3CCN(S(=O)(=O)c4ccc5cc(Cl)ccc5c4)CC3C(N)=O)sc2CN1.Cl. The second-order valence-electron chi connectivity index (χ2n) is 8.81. The van der Waals surface area contributed by atoms with Crippen LogP contribution < -0.4 is 11.1 Å². The van der Waals surface area contributed by atoms with Gasteiger partial charge in [-0.15, -0.1) is 23.7 Å². The Labute approximate surface area is 224 Å². The van der Waals surface area contributed by atoms with Gasteiger partial charge in [0.05, 0.1) is 10.6 Å². The Bertz CT molecular complexity index is 1450. The van der Waals surface area contributed by atoms with E-state index in [1.54, 1.807) is 30.3 Å². The van der Waals surface area contributed by atoms with E-state index in [2.05, 4.69) is 17.2 Å². The number of thiazole rings is 1. The number of aromatic nitrogens is 1. The molecule has 0 aliphatic carbocycles. The lowest BCUT2D eigenvalue weighted by Gasteiger charge is -2.38. The van der Waals surface area contributed by atoms with E-state index in [4.69, 9.17) is 17.3 Å². The molecule has 9 nitrogen and oxygen atoms in total. The van der Waals surface area contributed by atoms with Gasteiger partial charge in [-0.2, -0.15) is 4.31 Å². The van der Waals surface area contributed by atoms with Crippen LogP contribution in [0, 0.1) is 0 Å². The smallest absolute Gasteiger partial charge is 0.283 e. The molecule has 0 saturated carbocycles.